The molecule has 0 aromatic heterocycles. The van der Waals surface area contributed by atoms with Gasteiger partial charge < -0.3 is 20.9 Å². The van der Waals surface area contributed by atoms with Gasteiger partial charge in [-0.2, -0.15) is 0 Å². The van der Waals surface area contributed by atoms with E-state index < -0.39 is 5.41 Å². The number of primary amides is 1. The Morgan fingerprint density at radius 2 is 1.69 bits per heavy atom. The zero-order valence-corrected chi connectivity index (χ0v) is 16.1. The van der Waals surface area contributed by atoms with E-state index in [1.807, 2.05) is 42.5 Å². The van der Waals surface area contributed by atoms with E-state index in [4.69, 9.17) is 5.73 Å². The standard InChI is InChI=1S/C22H24N4O3/c23-20(28)22(16-5-2-1-3-6-16)10-13-25(14-11-22)21(29)24-17-7-4-8-18(15-17)26-12-9-19(26)27/h1-8,15H,9-14H2,(H2,23,28)(H,24,29). The topological polar surface area (TPSA) is 95.7 Å². The molecule has 2 aromatic rings. The van der Waals surface area contributed by atoms with Crippen LogP contribution >= 0.6 is 0 Å². The molecule has 0 aliphatic carbocycles. The first-order chi connectivity index (χ1) is 14.0. The van der Waals surface area contributed by atoms with Crippen LogP contribution in [0.15, 0.2) is 54.6 Å². The molecule has 29 heavy (non-hydrogen) atoms. The maximum atomic E-state index is 12.7. The lowest BCUT2D eigenvalue weighted by molar-refractivity contribution is -0.125. The van der Waals surface area contributed by atoms with Gasteiger partial charge >= 0.3 is 6.03 Å². The van der Waals surface area contributed by atoms with E-state index >= 15 is 0 Å². The molecule has 2 aromatic carbocycles. The molecule has 7 heteroatoms. The number of nitrogens with zero attached hydrogens (tertiary/aromatic N) is 2. The molecule has 2 fully saturated rings. The molecule has 7 nitrogen and oxygen atoms in total. The molecule has 2 heterocycles. The molecule has 2 saturated heterocycles. The van der Waals surface area contributed by atoms with E-state index in [2.05, 4.69) is 5.32 Å². The highest BCUT2D eigenvalue weighted by molar-refractivity contribution is 6.00. The molecule has 3 N–H and O–H groups in total. The number of carbonyl (C=O) groups is 3. The first-order valence-electron chi connectivity index (χ1n) is 9.81. The average Bonchev–Trinajstić information content (AvgIpc) is 2.73. The first-order valence-corrected chi connectivity index (χ1v) is 9.81. The van der Waals surface area contributed by atoms with Crippen molar-refractivity contribution in [2.45, 2.75) is 24.7 Å². The van der Waals surface area contributed by atoms with Crippen LogP contribution in [-0.4, -0.2) is 42.4 Å². The molecule has 2 aliphatic heterocycles. The smallest absolute Gasteiger partial charge is 0.321 e. The van der Waals surface area contributed by atoms with Gasteiger partial charge in [0.2, 0.25) is 11.8 Å². The predicted octanol–water partition coefficient (Wildman–Crippen LogP) is 2.47. The minimum Gasteiger partial charge on any atom is -0.369 e. The third kappa shape index (κ3) is 3.55. The van der Waals surface area contributed by atoms with Crippen molar-refractivity contribution in [1.82, 2.24) is 4.90 Å². The van der Waals surface area contributed by atoms with Crippen LogP contribution in [0.3, 0.4) is 0 Å². The number of nitrogens with one attached hydrogen (secondary N) is 1. The van der Waals surface area contributed by atoms with E-state index in [9.17, 15) is 14.4 Å². The number of nitrogens with two attached hydrogens (primary N) is 1. The van der Waals surface area contributed by atoms with Crippen LogP contribution in [0, 0.1) is 0 Å². The maximum absolute atomic E-state index is 12.7. The molecular weight excluding hydrogens is 368 g/mol. The highest BCUT2D eigenvalue weighted by Crippen LogP contribution is 2.35. The van der Waals surface area contributed by atoms with Gasteiger partial charge in [-0.05, 0) is 36.6 Å². The lowest BCUT2D eigenvalue weighted by Crippen LogP contribution is -2.52. The second-order valence-corrected chi connectivity index (χ2v) is 7.58. The number of carbonyl (C=O) groups excluding carboxylic acids is 3. The summed E-state index contributed by atoms with van der Waals surface area (Å²) in [5.74, 6) is -0.260. The number of piperidine rings is 1. The average molecular weight is 392 g/mol. The van der Waals surface area contributed by atoms with E-state index in [-0.39, 0.29) is 17.8 Å². The van der Waals surface area contributed by atoms with Crippen LogP contribution in [-0.2, 0) is 15.0 Å². The number of β-lactam (4-membered cyclic amide) rings is 1. The molecule has 0 radical (unpaired) electrons. The summed E-state index contributed by atoms with van der Waals surface area (Å²) in [4.78, 5) is 40.0. The molecule has 0 atom stereocenters. The third-order valence-corrected chi connectivity index (χ3v) is 5.96. The number of anilines is 2. The Labute approximate surface area is 169 Å². The molecule has 0 bridgehead atoms. The summed E-state index contributed by atoms with van der Waals surface area (Å²) >= 11 is 0. The SMILES string of the molecule is NC(=O)C1(c2ccccc2)CCN(C(=O)Nc2cccc(N3CCC3=O)c2)CC1. The lowest BCUT2D eigenvalue weighted by atomic mass is 9.72. The van der Waals surface area contributed by atoms with Crippen molar-refractivity contribution in [3.8, 4) is 0 Å². The Kier molecular flexibility index (Phi) is 4.96. The molecule has 2 aliphatic rings. The van der Waals surface area contributed by atoms with Gasteiger partial charge in [0.25, 0.3) is 0 Å². The number of hydrogen-bond acceptors (Lipinski definition) is 3. The normalized spacial score (nSPS) is 18.1. The number of benzene rings is 2. The van der Waals surface area contributed by atoms with Crippen molar-refractivity contribution in [1.29, 1.82) is 0 Å². The van der Waals surface area contributed by atoms with Gasteiger partial charge in [0.05, 0.1) is 5.41 Å². The Morgan fingerprint density at radius 1 is 0.966 bits per heavy atom. The Morgan fingerprint density at radius 3 is 2.28 bits per heavy atom. The molecular formula is C22H24N4O3. The Bertz CT molecular complexity index is 936. The van der Waals surface area contributed by atoms with Crippen LogP contribution in [0.4, 0.5) is 16.2 Å². The second-order valence-electron chi connectivity index (χ2n) is 7.58. The number of amides is 4. The fraction of sp³-hybridized carbons (Fsp3) is 0.318. The zero-order chi connectivity index (χ0) is 20.4. The van der Waals surface area contributed by atoms with Gasteiger partial charge in [-0.15, -0.1) is 0 Å². The number of likely N-dealkylation sites (tertiary alicyclic amines) is 1. The van der Waals surface area contributed by atoms with Crippen LogP contribution in [0.1, 0.15) is 24.8 Å². The summed E-state index contributed by atoms with van der Waals surface area (Å²) in [5, 5.41) is 2.90. The molecule has 4 amide bonds. The van der Waals surface area contributed by atoms with E-state index in [1.54, 1.807) is 21.9 Å². The van der Waals surface area contributed by atoms with Crippen molar-refractivity contribution in [3.63, 3.8) is 0 Å². The van der Waals surface area contributed by atoms with Crippen molar-refractivity contribution >= 4 is 29.2 Å². The Hall–Kier alpha value is -3.35. The van der Waals surface area contributed by atoms with Crippen LogP contribution < -0.4 is 16.0 Å². The summed E-state index contributed by atoms with van der Waals surface area (Å²) in [6, 6.07) is 16.6. The Balaban J connectivity index is 1.42. The largest absolute Gasteiger partial charge is 0.369 e. The van der Waals surface area contributed by atoms with Crippen molar-refractivity contribution in [3.05, 3.63) is 60.2 Å². The van der Waals surface area contributed by atoms with Gasteiger partial charge in [-0.25, -0.2) is 4.79 Å². The minimum absolute atomic E-state index is 0.0909. The molecule has 0 spiro atoms. The summed E-state index contributed by atoms with van der Waals surface area (Å²) in [7, 11) is 0. The van der Waals surface area contributed by atoms with Crippen molar-refractivity contribution in [2.75, 3.05) is 29.9 Å². The van der Waals surface area contributed by atoms with Gasteiger partial charge in [0, 0.05) is 37.4 Å². The second kappa shape index (κ2) is 7.58. The third-order valence-electron chi connectivity index (χ3n) is 5.96. The quantitative estimate of drug-likeness (QED) is 0.783. The zero-order valence-electron chi connectivity index (χ0n) is 16.1. The summed E-state index contributed by atoms with van der Waals surface area (Å²) in [6.07, 6.45) is 1.54. The highest BCUT2D eigenvalue weighted by atomic mass is 16.2. The van der Waals surface area contributed by atoms with E-state index in [0.717, 1.165) is 11.3 Å². The van der Waals surface area contributed by atoms with Gasteiger partial charge in [0.15, 0.2) is 0 Å². The molecule has 0 saturated carbocycles. The minimum atomic E-state index is -0.740. The first kappa shape index (κ1) is 19.0. The molecule has 4 rings (SSSR count). The monoisotopic (exact) mass is 392 g/mol. The number of urea groups is 1. The van der Waals surface area contributed by atoms with E-state index in [0.29, 0.717) is 44.6 Å². The maximum Gasteiger partial charge on any atom is 0.321 e. The van der Waals surface area contributed by atoms with Crippen molar-refractivity contribution in [2.24, 2.45) is 5.73 Å². The van der Waals surface area contributed by atoms with Gasteiger partial charge in [0.1, 0.15) is 0 Å². The summed E-state index contributed by atoms with van der Waals surface area (Å²) in [5.41, 5.74) is 7.35. The van der Waals surface area contributed by atoms with Gasteiger partial charge in [-0.3, -0.25) is 9.59 Å². The predicted molar refractivity (Wildman–Crippen MR) is 111 cm³/mol. The fourth-order valence-corrected chi connectivity index (χ4v) is 4.07. The summed E-state index contributed by atoms with van der Waals surface area (Å²) < 4.78 is 0. The number of hydrogen-bond donors (Lipinski definition) is 2. The van der Waals surface area contributed by atoms with Crippen molar-refractivity contribution < 1.29 is 14.4 Å². The summed E-state index contributed by atoms with van der Waals surface area (Å²) in [6.45, 7) is 1.58. The fourth-order valence-electron chi connectivity index (χ4n) is 4.07. The van der Waals surface area contributed by atoms with E-state index in [1.165, 1.54) is 0 Å². The van der Waals surface area contributed by atoms with Crippen LogP contribution in [0.2, 0.25) is 0 Å². The highest BCUT2D eigenvalue weighted by Gasteiger charge is 2.42. The molecule has 0 unspecified atom stereocenters. The van der Waals surface area contributed by atoms with Crippen LogP contribution in [0.25, 0.3) is 0 Å². The van der Waals surface area contributed by atoms with Gasteiger partial charge in [-0.1, -0.05) is 36.4 Å². The molecule has 150 valence electrons. The number of rotatable bonds is 4. The van der Waals surface area contributed by atoms with Crippen LogP contribution in [0.5, 0.6) is 0 Å². The lowest BCUT2D eigenvalue weighted by Gasteiger charge is -2.40.